The van der Waals surface area contributed by atoms with Crippen molar-refractivity contribution < 1.29 is 23.3 Å². The first-order valence-corrected chi connectivity index (χ1v) is 12.4. The summed E-state index contributed by atoms with van der Waals surface area (Å²) in [5.41, 5.74) is 9.45. The maximum absolute atomic E-state index is 13.6. The van der Waals surface area contributed by atoms with Gasteiger partial charge in [-0.25, -0.2) is 4.39 Å². The Balaban J connectivity index is 1.22. The lowest BCUT2D eigenvalue weighted by Gasteiger charge is -2.32. The lowest BCUT2D eigenvalue weighted by Crippen LogP contribution is -2.41. The smallest absolute Gasteiger partial charge is 0.124 e. The molecule has 1 aliphatic heterocycles. The fraction of sp³-hybridized carbons (Fsp3) is 0.379. The molecule has 0 saturated carbocycles. The van der Waals surface area contributed by atoms with Crippen molar-refractivity contribution in [1.82, 2.24) is 5.32 Å². The Morgan fingerprint density at radius 2 is 1.81 bits per heavy atom. The fourth-order valence-electron chi connectivity index (χ4n) is 4.45. The van der Waals surface area contributed by atoms with E-state index in [0.29, 0.717) is 31.1 Å². The first kappa shape index (κ1) is 25.9. The lowest BCUT2D eigenvalue weighted by atomic mass is 9.87. The molecule has 0 aliphatic carbocycles. The third-order valence-electron chi connectivity index (χ3n) is 6.44. The highest BCUT2D eigenvalue weighted by Crippen LogP contribution is 2.30. The van der Waals surface area contributed by atoms with Crippen LogP contribution in [0.25, 0.3) is 0 Å². The summed E-state index contributed by atoms with van der Waals surface area (Å²) in [5, 5.41) is 3.40. The molecule has 2 atom stereocenters. The number of ether oxygens (including phenoxy) is 4. The molecule has 3 aromatic carbocycles. The Morgan fingerprint density at radius 1 is 0.972 bits per heavy atom. The Hall–Kier alpha value is -3.13. The van der Waals surface area contributed by atoms with E-state index in [1.807, 2.05) is 36.4 Å². The highest BCUT2D eigenvalue weighted by molar-refractivity contribution is 5.46. The van der Waals surface area contributed by atoms with E-state index < -0.39 is 0 Å². The number of para-hydroxylation sites is 1. The van der Waals surface area contributed by atoms with E-state index in [-0.39, 0.29) is 24.4 Å². The minimum atomic E-state index is -0.306. The van der Waals surface area contributed by atoms with Crippen LogP contribution in [0.1, 0.15) is 35.4 Å². The van der Waals surface area contributed by atoms with Gasteiger partial charge in [-0.3, -0.25) is 0 Å². The number of hydrogen-bond donors (Lipinski definition) is 2. The SMILES string of the molecule is COc1ccccc1COCCCOc1ccc(C2CCNCC2OCc2cc(F)ccc2N)cc1. The number of benzene rings is 3. The van der Waals surface area contributed by atoms with Gasteiger partial charge in [-0.2, -0.15) is 0 Å². The second-order valence-corrected chi connectivity index (χ2v) is 8.93. The van der Waals surface area contributed by atoms with E-state index in [1.54, 1.807) is 13.2 Å². The highest BCUT2D eigenvalue weighted by atomic mass is 19.1. The second-order valence-electron chi connectivity index (χ2n) is 8.93. The van der Waals surface area contributed by atoms with Crippen molar-refractivity contribution in [2.75, 3.05) is 39.1 Å². The number of rotatable bonds is 12. The van der Waals surface area contributed by atoms with Gasteiger partial charge in [-0.05, 0) is 54.9 Å². The van der Waals surface area contributed by atoms with Gasteiger partial charge in [-0.1, -0.05) is 30.3 Å². The molecule has 4 rings (SSSR count). The van der Waals surface area contributed by atoms with E-state index in [1.165, 1.54) is 17.7 Å². The summed E-state index contributed by atoms with van der Waals surface area (Å²) in [7, 11) is 1.67. The molecule has 0 bridgehead atoms. The summed E-state index contributed by atoms with van der Waals surface area (Å²) in [6.07, 6.45) is 1.74. The first-order chi connectivity index (χ1) is 17.6. The molecule has 0 aromatic heterocycles. The zero-order valence-corrected chi connectivity index (χ0v) is 20.8. The zero-order valence-electron chi connectivity index (χ0n) is 20.8. The average Bonchev–Trinajstić information content (AvgIpc) is 2.92. The summed E-state index contributed by atoms with van der Waals surface area (Å²) >= 11 is 0. The van der Waals surface area contributed by atoms with Crippen molar-refractivity contribution in [3.8, 4) is 11.5 Å². The lowest BCUT2D eigenvalue weighted by molar-refractivity contribution is 0.0108. The molecule has 1 heterocycles. The molecule has 0 spiro atoms. The molecular formula is C29H35FN2O4. The normalized spacial score (nSPS) is 17.6. The Bertz CT molecular complexity index is 1090. The molecular weight excluding hydrogens is 459 g/mol. The van der Waals surface area contributed by atoms with Crippen molar-refractivity contribution in [2.45, 2.75) is 38.1 Å². The number of hydrogen-bond acceptors (Lipinski definition) is 6. The van der Waals surface area contributed by atoms with Gasteiger partial charge in [0.15, 0.2) is 0 Å². The van der Waals surface area contributed by atoms with Crippen molar-refractivity contribution >= 4 is 5.69 Å². The highest BCUT2D eigenvalue weighted by Gasteiger charge is 2.27. The molecule has 2 unspecified atom stereocenters. The van der Waals surface area contributed by atoms with Gasteiger partial charge < -0.3 is 30.0 Å². The van der Waals surface area contributed by atoms with Crippen molar-refractivity contribution in [2.24, 2.45) is 0 Å². The van der Waals surface area contributed by atoms with Crippen LogP contribution in [0.15, 0.2) is 66.7 Å². The summed E-state index contributed by atoms with van der Waals surface area (Å²) in [4.78, 5) is 0. The van der Waals surface area contributed by atoms with Gasteiger partial charge in [0.05, 0.1) is 39.6 Å². The molecule has 1 fully saturated rings. The van der Waals surface area contributed by atoms with Gasteiger partial charge in [0.1, 0.15) is 17.3 Å². The minimum Gasteiger partial charge on any atom is -0.496 e. The molecule has 0 radical (unpaired) electrons. The van der Waals surface area contributed by atoms with Crippen LogP contribution in [-0.4, -0.2) is 39.5 Å². The Morgan fingerprint density at radius 3 is 2.64 bits per heavy atom. The molecule has 7 heteroatoms. The first-order valence-electron chi connectivity index (χ1n) is 12.4. The van der Waals surface area contributed by atoms with Crippen LogP contribution < -0.4 is 20.5 Å². The molecule has 192 valence electrons. The number of nitrogen functional groups attached to an aromatic ring is 1. The monoisotopic (exact) mass is 494 g/mol. The summed E-state index contributed by atoms with van der Waals surface area (Å²) in [5.74, 6) is 1.62. The fourth-order valence-corrected chi connectivity index (χ4v) is 4.45. The van der Waals surface area contributed by atoms with Gasteiger partial charge >= 0.3 is 0 Å². The molecule has 3 N–H and O–H groups in total. The largest absolute Gasteiger partial charge is 0.496 e. The molecule has 1 saturated heterocycles. The van der Waals surface area contributed by atoms with E-state index in [9.17, 15) is 4.39 Å². The maximum Gasteiger partial charge on any atom is 0.124 e. The summed E-state index contributed by atoms with van der Waals surface area (Å²) < 4.78 is 36.8. The van der Waals surface area contributed by atoms with Crippen LogP contribution in [0, 0.1) is 5.82 Å². The zero-order chi connectivity index (χ0) is 25.2. The van der Waals surface area contributed by atoms with Crippen molar-refractivity contribution in [3.05, 3.63) is 89.2 Å². The van der Waals surface area contributed by atoms with E-state index >= 15 is 0 Å². The number of halogens is 1. The van der Waals surface area contributed by atoms with Gasteiger partial charge in [0.25, 0.3) is 0 Å². The third-order valence-corrected chi connectivity index (χ3v) is 6.44. The maximum atomic E-state index is 13.6. The number of anilines is 1. The van der Waals surface area contributed by atoms with Crippen LogP contribution in [0.2, 0.25) is 0 Å². The second kappa shape index (κ2) is 13.3. The molecule has 0 amide bonds. The van der Waals surface area contributed by atoms with E-state index in [2.05, 4.69) is 17.4 Å². The van der Waals surface area contributed by atoms with Crippen molar-refractivity contribution in [1.29, 1.82) is 0 Å². The Labute approximate surface area is 212 Å². The quantitative estimate of drug-likeness (QED) is 0.271. The van der Waals surface area contributed by atoms with Crippen LogP contribution in [0.4, 0.5) is 10.1 Å². The van der Waals surface area contributed by atoms with Crippen molar-refractivity contribution in [3.63, 3.8) is 0 Å². The average molecular weight is 495 g/mol. The third kappa shape index (κ3) is 7.20. The van der Waals surface area contributed by atoms with E-state index in [0.717, 1.165) is 43.0 Å². The van der Waals surface area contributed by atoms with Crippen LogP contribution in [-0.2, 0) is 22.7 Å². The predicted octanol–water partition coefficient (Wildman–Crippen LogP) is 5.06. The number of nitrogens with one attached hydrogen (secondary N) is 1. The summed E-state index contributed by atoms with van der Waals surface area (Å²) in [6.45, 7) is 3.67. The predicted molar refractivity (Wildman–Crippen MR) is 139 cm³/mol. The molecule has 6 nitrogen and oxygen atoms in total. The molecule has 36 heavy (non-hydrogen) atoms. The number of methoxy groups -OCH3 is 1. The molecule has 1 aliphatic rings. The standard InChI is InChI=1S/C29H35FN2O4/c1-33-28-6-3-2-5-22(28)19-34-15-4-16-35-25-10-7-21(8-11-25)26-13-14-32-18-29(26)36-20-23-17-24(30)9-12-27(23)31/h2-3,5-12,17,26,29,32H,4,13-16,18-20,31H2,1H3. The van der Waals surface area contributed by atoms with Gasteiger partial charge in [0.2, 0.25) is 0 Å². The molecule has 3 aromatic rings. The van der Waals surface area contributed by atoms with Crippen LogP contribution >= 0.6 is 0 Å². The Kier molecular flexibility index (Phi) is 9.55. The topological polar surface area (TPSA) is 75.0 Å². The van der Waals surface area contributed by atoms with Crippen LogP contribution in [0.5, 0.6) is 11.5 Å². The number of piperidine rings is 1. The van der Waals surface area contributed by atoms with Gasteiger partial charge in [-0.15, -0.1) is 0 Å². The summed E-state index contributed by atoms with van der Waals surface area (Å²) in [6, 6.07) is 20.5. The van der Waals surface area contributed by atoms with E-state index in [4.69, 9.17) is 24.7 Å². The van der Waals surface area contributed by atoms with Gasteiger partial charge in [0, 0.05) is 35.7 Å². The van der Waals surface area contributed by atoms with Crippen LogP contribution in [0.3, 0.4) is 0 Å². The number of nitrogens with two attached hydrogens (primary N) is 1. The minimum absolute atomic E-state index is 0.0198.